The lowest BCUT2D eigenvalue weighted by Gasteiger charge is -2.08. The number of ether oxygens (including phenoxy) is 1. The molecule has 0 radical (unpaired) electrons. The molecule has 4 aromatic rings. The minimum absolute atomic E-state index is 0.138. The summed E-state index contributed by atoms with van der Waals surface area (Å²) in [5.41, 5.74) is 1.84. The molecule has 0 bridgehead atoms. The first-order valence-electron chi connectivity index (χ1n) is 8.47. The molecule has 0 saturated carbocycles. The molecule has 7 nitrogen and oxygen atoms in total. The SMILES string of the molecule is Cn1c(Nc2ccc(Br)c(F)c2)nc2cc(Oc3cccnc3C(=O)O)ccc21. The molecule has 0 fully saturated rings. The second-order valence-corrected chi connectivity index (χ2v) is 7.01. The van der Waals surface area contributed by atoms with Crippen LogP contribution >= 0.6 is 15.9 Å². The van der Waals surface area contributed by atoms with Crippen molar-refractivity contribution in [1.82, 2.24) is 14.5 Å². The fourth-order valence-electron chi connectivity index (χ4n) is 2.82. The van der Waals surface area contributed by atoms with Crippen LogP contribution in [0.1, 0.15) is 10.5 Å². The number of aromatic nitrogens is 3. The van der Waals surface area contributed by atoms with Crippen LogP contribution in [0.25, 0.3) is 11.0 Å². The highest BCUT2D eigenvalue weighted by Crippen LogP contribution is 2.29. The van der Waals surface area contributed by atoms with Crippen molar-refractivity contribution in [1.29, 1.82) is 0 Å². The molecule has 2 aromatic carbocycles. The third-order valence-corrected chi connectivity index (χ3v) is 4.87. The van der Waals surface area contributed by atoms with Gasteiger partial charge in [-0.2, -0.15) is 0 Å². The van der Waals surface area contributed by atoms with Crippen LogP contribution in [-0.2, 0) is 7.05 Å². The molecule has 4 rings (SSSR count). The van der Waals surface area contributed by atoms with E-state index in [1.165, 1.54) is 18.3 Å². The summed E-state index contributed by atoms with van der Waals surface area (Å²) in [5.74, 6) is -0.472. The van der Waals surface area contributed by atoms with Gasteiger partial charge in [-0.1, -0.05) is 0 Å². The van der Waals surface area contributed by atoms with Crippen molar-refractivity contribution in [3.63, 3.8) is 0 Å². The average Bonchev–Trinajstić information content (AvgIpc) is 3.00. The molecule has 2 heterocycles. The fraction of sp³-hybridized carbons (Fsp3) is 0.0500. The van der Waals surface area contributed by atoms with Gasteiger partial charge in [0, 0.05) is 25.0 Å². The van der Waals surface area contributed by atoms with Crippen LogP contribution in [0.15, 0.2) is 59.2 Å². The number of carboxylic acids is 1. The summed E-state index contributed by atoms with van der Waals surface area (Å²) in [5, 5.41) is 12.3. The standard InChI is InChI=1S/C20H14BrFN4O3/c1-26-16-7-5-12(29-17-3-2-8-23-18(17)19(27)28)10-15(16)25-20(26)24-11-4-6-13(21)14(22)9-11/h2-10H,1H3,(H,24,25)(H,27,28). The van der Waals surface area contributed by atoms with Gasteiger partial charge in [0.25, 0.3) is 0 Å². The van der Waals surface area contributed by atoms with E-state index < -0.39 is 5.97 Å². The molecule has 0 aliphatic carbocycles. The average molecular weight is 457 g/mol. The number of hydrogen-bond donors (Lipinski definition) is 2. The number of hydrogen-bond acceptors (Lipinski definition) is 5. The summed E-state index contributed by atoms with van der Waals surface area (Å²) in [4.78, 5) is 19.6. The summed E-state index contributed by atoms with van der Waals surface area (Å²) in [6, 6.07) is 13.1. The summed E-state index contributed by atoms with van der Waals surface area (Å²) in [6.07, 6.45) is 1.39. The zero-order valence-corrected chi connectivity index (χ0v) is 16.6. The Morgan fingerprint density at radius 1 is 1.24 bits per heavy atom. The van der Waals surface area contributed by atoms with Crippen molar-refractivity contribution in [2.45, 2.75) is 0 Å². The Morgan fingerprint density at radius 3 is 2.83 bits per heavy atom. The van der Waals surface area contributed by atoms with E-state index in [0.717, 1.165) is 5.52 Å². The van der Waals surface area contributed by atoms with Crippen LogP contribution in [-0.4, -0.2) is 25.6 Å². The van der Waals surface area contributed by atoms with Gasteiger partial charge in [0.1, 0.15) is 11.6 Å². The molecule has 0 aliphatic rings. The Labute approximate surface area is 172 Å². The van der Waals surface area contributed by atoms with E-state index in [1.54, 1.807) is 30.3 Å². The molecular weight excluding hydrogens is 443 g/mol. The summed E-state index contributed by atoms with van der Waals surface area (Å²) in [6.45, 7) is 0. The number of pyridine rings is 1. The van der Waals surface area contributed by atoms with Crippen molar-refractivity contribution in [2.75, 3.05) is 5.32 Å². The van der Waals surface area contributed by atoms with Gasteiger partial charge in [0.15, 0.2) is 11.4 Å². The van der Waals surface area contributed by atoms with E-state index in [2.05, 4.69) is 31.2 Å². The topological polar surface area (TPSA) is 89.3 Å². The second kappa shape index (κ2) is 7.51. The molecule has 0 saturated heterocycles. The molecule has 2 N–H and O–H groups in total. The summed E-state index contributed by atoms with van der Waals surface area (Å²) < 4.78 is 21.7. The second-order valence-electron chi connectivity index (χ2n) is 6.16. The predicted molar refractivity (Wildman–Crippen MR) is 109 cm³/mol. The van der Waals surface area contributed by atoms with Crippen molar-refractivity contribution >= 4 is 44.6 Å². The first-order chi connectivity index (χ1) is 13.9. The summed E-state index contributed by atoms with van der Waals surface area (Å²) >= 11 is 3.13. The third-order valence-electron chi connectivity index (χ3n) is 4.23. The van der Waals surface area contributed by atoms with Crippen molar-refractivity contribution in [3.05, 3.63) is 70.7 Å². The number of nitrogens with one attached hydrogen (secondary N) is 1. The number of imidazole rings is 1. The van der Waals surface area contributed by atoms with Gasteiger partial charge >= 0.3 is 5.97 Å². The monoisotopic (exact) mass is 456 g/mol. The van der Waals surface area contributed by atoms with E-state index in [1.807, 2.05) is 17.7 Å². The number of benzene rings is 2. The Hall–Kier alpha value is -3.46. The highest BCUT2D eigenvalue weighted by molar-refractivity contribution is 9.10. The zero-order chi connectivity index (χ0) is 20.5. The lowest BCUT2D eigenvalue weighted by atomic mass is 10.3. The highest BCUT2D eigenvalue weighted by Gasteiger charge is 2.15. The minimum atomic E-state index is -1.17. The van der Waals surface area contributed by atoms with Gasteiger partial charge in [-0.05, 0) is 58.4 Å². The van der Waals surface area contributed by atoms with E-state index in [-0.39, 0.29) is 17.3 Å². The smallest absolute Gasteiger partial charge is 0.358 e. The van der Waals surface area contributed by atoms with Gasteiger partial charge < -0.3 is 19.7 Å². The minimum Gasteiger partial charge on any atom is -0.476 e. The maximum Gasteiger partial charge on any atom is 0.358 e. The van der Waals surface area contributed by atoms with E-state index in [4.69, 9.17) is 4.74 Å². The number of anilines is 2. The van der Waals surface area contributed by atoms with Crippen LogP contribution in [0.4, 0.5) is 16.0 Å². The first kappa shape index (κ1) is 18.9. The lowest BCUT2D eigenvalue weighted by Crippen LogP contribution is -2.02. The van der Waals surface area contributed by atoms with Gasteiger partial charge in [0.05, 0.1) is 15.5 Å². The molecule has 0 amide bonds. The molecule has 146 valence electrons. The third kappa shape index (κ3) is 3.77. The maximum atomic E-state index is 13.8. The summed E-state index contributed by atoms with van der Waals surface area (Å²) in [7, 11) is 1.83. The maximum absolute atomic E-state index is 13.8. The van der Waals surface area contributed by atoms with Crippen LogP contribution in [0.3, 0.4) is 0 Å². The molecule has 2 aromatic heterocycles. The van der Waals surface area contributed by atoms with Crippen molar-refractivity contribution in [2.24, 2.45) is 7.05 Å². The van der Waals surface area contributed by atoms with Crippen LogP contribution < -0.4 is 10.1 Å². The van der Waals surface area contributed by atoms with E-state index in [9.17, 15) is 14.3 Å². The molecule has 9 heteroatoms. The van der Waals surface area contributed by atoms with E-state index in [0.29, 0.717) is 27.4 Å². The van der Waals surface area contributed by atoms with Gasteiger partial charge in [-0.3, -0.25) is 0 Å². The Kier molecular flexibility index (Phi) is 4.89. The zero-order valence-electron chi connectivity index (χ0n) is 15.1. The van der Waals surface area contributed by atoms with Gasteiger partial charge in [-0.25, -0.2) is 19.2 Å². The molecule has 0 spiro atoms. The Bertz CT molecular complexity index is 1240. The van der Waals surface area contributed by atoms with Gasteiger partial charge in [0.2, 0.25) is 5.95 Å². The Morgan fingerprint density at radius 2 is 2.07 bits per heavy atom. The van der Waals surface area contributed by atoms with Crippen LogP contribution in [0.2, 0.25) is 0 Å². The number of fused-ring (bicyclic) bond motifs is 1. The predicted octanol–water partition coefficient (Wildman–Crippen LogP) is 5.10. The van der Waals surface area contributed by atoms with Crippen LogP contribution in [0.5, 0.6) is 11.5 Å². The molecule has 29 heavy (non-hydrogen) atoms. The molecule has 0 atom stereocenters. The van der Waals surface area contributed by atoms with Crippen LogP contribution in [0, 0.1) is 5.82 Å². The van der Waals surface area contributed by atoms with Crippen molar-refractivity contribution in [3.8, 4) is 11.5 Å². The normalized spacial score (nSPS) is 10.9. The largest absolute Gasteiger partial charge is 0.476 e. The number of carboxylic acid groups (broad SMARTS) is 1. The fourth-order valence-corrected chi connectivity index (χ4v) is 3.07. The number of aromatic carboxylic acids is 1. The first-order valence-corrected chi connectivity index (χ1v) is 9.26. The lowest BCUT2D eigenvalue weighted by molar-refractivity contribution is 0.0687. The number of halogens is 2. The number of rotatable bonds is 5. The van der Waals surface area contributed by atoms with Crippen molar-refractivity contribution < 1.29 is 19.0 Å². The number of carbonyl (C=O) groups is 1. The highest BCUT2D eigenvalue weighted by atomic mass is 79.9. The molecular formula is C20H14BrFN4O3. The molecule has 0 unspecified atom stereocenters. The van der Waals surface area contributed by atoms with Gasteiger partial charge in [-0.15, -0.1) is 0 Å². The number of aryl methyl sites for hydroxylation is 1. The quantitative estimate of drug-likeness (QED) is 0.433. The van der Waals surface area contributed by atoms with E-state index >= 15 is 0 Å². The number of nitrogens with zero attached hydrogens (tertiary/aromatic N) is 3. The molecule has 0 aliphatic heterocycles. The Balaban J connectivity index is 1.65.